The van der Waals surface area contributed by atoms with E-state index in [2.05, 4.69) is 18.9 Å². The third-order valence-corrected chi connectivity index (χ3v) is 6.15. The van der Waals surface area contributed by atoms with E-state index in [1.165, 1.54) is 12.3 Å². The number of hydrogen-bond donors (Lipinski definition) is 1. The van der Waals surface area contributed by atoms with Crippen LogP contribution in [0.15, 0.2) is 30.5 Å². The highest BCUT2D eigenvalue weighted by Crippen LogP contribution is 2.42. The number of carbonyl (C=O) groups excluding carboxylic acids is 1. The third kappa shape index (κ3) is 4.63. The SMILES string of the molecule is CC(C)COc1cccc(OC2C[C@@H]3CN(C(=O)n4ccc(C(=O)O)n4)C[C@@H]3C2)c1Cl. The lowest BCUT2D eigenvalue weighted by Gasteiger charge is -2.21. The number of rotatable bonds is 6. The summed E-state index contributed by atoms with van der Waals surface area (Å²) in [4.78, 5) is 25.4. The van der Waals surface area contributed by atoms with Crippen molar-refractivity contribution in [2.24, 2.45) is 17.8 Å². The van der Waals surface area contributed by atoms with Crippen molar-refractivity contribution in [3.05, 3.63) is 41.2 Å². The van der Waals surface area contributed by atoms with Crippen molar-refractivity contribution < 1.29 is 24.2 Å². The Morgan fingerprint density at radius 2 is 1.87 bits per heavy atom. The van der Waals surface area contributed by atoms with E-state index >= 15 is 0 Å². The van der Waals surface area contributed by atoms with Gasteiger partial charge in [0.05, 0.1) is 12.7 Å². The number of ether oxygens (including phenoxy) is 2. The number of hydrogen-bond acceptors (Lipinski definition) is 5. The molecule has 1 N–H and O–H groups in total. The van der Waals surface area contributed by atoms with Crippen LogP contribution >= 0.6 is 11.6 Å². The quantitative estimate of drug-likeness (QED) is 0.718. The van der Waals surface area contributed by atoms with E-state index in [0.29, 0.717) is 54.0 Å². The van der Waals surface area contributed by atoms with E-state index in [0.717, 1.165) is 17.5 Å². The highest BCUT2D eigenvalue weighted by Gasteiger charge is 2.44. The fraction of sp³-hybridized carbons (Fsp3) is 0.500. The molecular weight excluding hydrogens is 422 g/mol. The predicted octanol–water partition coefficient (Wildman–Crippen LogP) is 4.03. The predicted molar refractivity (Wildman–Crippen MR) is 114 cm³/mol. The van der Waals surface area contributed by atoms with Crippen LogP contribution in [0.25, 0.3) is 0 Å². The molecule has 2 fully saturated rings. The summed E-state index contributed by atoms with van der Waals surface area (Å²) in [7, 11) is 0. The van der Waals surface area contributed by atoms with E-state index < -0.39 is 5.97 Å². The summed E-state index contributed by atoms with van der Waals surface area (Å²) in [6.45, 7) is 5.96. The number of aromatic carboxylic acids is 1. The Kier molecular flexibility index (Phi) is 6.09. The van der Waals surface area contributed by atoms with Gasteiger partial charge in [-0.15, -0.1) is 0 Å². The van der Waals surface area contributed by atoms with Gasteiger partial charge in [0, 0.05) is 19.3 Å². The Morgan fingerprint density at radius 1 is 1.19 bits per heavy atom. The van der Waals surface area contributed by atoms with Gasteiger partial charge < -0.3 is 19.5 Å². The molecule has 1 saturated heterocycles. The Hall–Kier alpha value is -2.74. The lowest BCUT2D eigenvalue weighted by molar-refractivity contribution is 0.0690. The summed E-state index contributed by atoms with van der Waals surface area (Å²) in [6, 6.07) is 6.60. The fourth-order valence-corrected chi connectivity index (χ4v) is 4.54. The van der Waals surface area contributed by atoms with Gasteiger partial charge >= 0.3 is 12.0 Å². The van der Waals surface area contributed by atoms with Gasteiger partial charge in [-0.05, 0) is 48.8 Å². The van der Waals surface area contributed by atoms with E-state index in [1.807, 2.05) is 18.2 Å². The molecule has 8 nitrogen and oxygen atoms in total. The fourth-order valence-electron chi connectivity index (χ4n) is 4.32. The van der Waals surface area contributed by atoms with Gasteiger partial charge in [0.15, 0.2) is 5.69 Å². The zero-order valence-electron chi connectivity index (χ0n) is 17.5. The van der Waals surface area contributed by atoms with Crippen LogP contribution in [0.5, 0.6) is 11.5 Å². The van der Waals surface area contributed by atoms with Crippen molar-refractivity contribution in [3.8, 4) is 11.5 Å². The van der Waals surface area contributed by atoms with Gasteiger partial charge in [-0.3, -0.25) is 0 Å². The molecule has 31 heavy (non-hydrogen) atoms. The number of amides is 1. The van der Waals surface area contributed by atoms with Crippen LogP contribution in [0.2, 0.25) is 5.02 Å². The first-order chi connectivity index (χ1) is 14.8. The first-order valence-corrected chi connectivity index (χ1v) is 10.9. The maximum atomic E-state index is 12.6. The van der Waals surface area contributed by atoms with Crippen molar-refractivity contribution in [1.82, 2.24) is 14.7 Å². The molecule has 3 atom stereocenters. The molecule has 1 unspecified atom stereocenters. The van der Waals surface area contributed by atoms with Crippen molar-refractivity contribution >= 4 is 23.6 Å². The Labute approximate surface area is 185 Å². The molecule has 1 aromatic heterocycles. The number of nitrogens with zero attached hydrogens (tertiary/aromatic N) is 3. The molecule has 1 aliphatic carbocycles. The molecule has 1 aromatic carbocycles. The summed E-state index contributed by atoms with van der Waals surface area (Å²) in [6.07, 6.45) is 3.10. The van der Waals surface area contributed by atoms with Crippen LogP contribution in [0, 0.1) is 17.8 Å². The minimum absolute atomic E-state index is 0.0356. The second kappa shape index (κ2) is 8.78. The number of fused-ring (bicyclic) bond motifs is 1. The Morgan fingerprint density at radius 3 is 2.48 bits per heavy atom. The normalized spacial score (nSPS) is 22.6. The average molecular weight is 448 g/mol. The van der Waals surface area contributed by atoms with Crippen molar-refractivity contribution in [2.45, 2.75) is 32.8 Å². The molecule has 0 bridgehead atoms. The summed E-state index contributed by atoms with van der Waals surface area (Å²) in [5, 5.41) is 13.3. The number of aromatic nitrogens is 2. The van der Waals surface area contributed by atoms with Crippen LogP contribution in [-0.4, -0.2) is 57.6 Å². The van der Waals surface area contributed by atoms with Crippen LogP contribution in [0.3, 0.4) is 0 Å². The standard InChI is InChI=1S/C22H26ClN3O5/c1-13(2)12-30-18-4-3-5-19(20(18)23)31-16-8-14-10-25(11-15(14)9-16)22(29)26-7-6-17(24-26)21(27)28/h3-7,13-16H,8-12H2,1-2H3,(H,27,28)/t14-,15+,16?. The van der Waals surface area contributed by atoms with Gasteiger partial charge in [-0.1, -0.05) is 31.5 Å². The monoisotopic (exact) mass is 447 g/mol. The minimum Gasteiger partial charge on any atom is -0.492 e. The van der Waals surface area contributed by atoms with E-state index in [4.69, 9.17) is 26.2 Å². The summed E-state index contributed by atoms with van der Waals surface area (Å²) < 4.78 is 13.1. The number of carbonyl (C=O) groups is 2. The zero-order chi connectivity index (χ0) is 22.1. The molecule has 4 rings (SSSR count). The third-order valence-electron chi connectivity index (χ3n) is 5.78. The van der Waals surface area contributed by atoms with Crippen molar-refractivity contribution in [1.29, 1.82) is 0 Å². The van der Waals surface area contributed by atoms with Gasteiger partial charge in [0.1, 0.15) is 16.5 Å². The first kappa shape index (κ1) is 21.5. The molecule has 2 aromatic rings. The van der Waals surface area contributed by atoms with E-state index in [1.54, 1.807) is 4.90 Å². The topological polar surface area (TPSA) is 93.9 Å². The maximum Gasteiger partial charge on any atom is 0.356 e. The van der Waals surface area contributed by atoms with Crippen molar-refractivity contribution in [2.75, 3.05) is 19.7 Å². The number of benzene rings is 1. The molecule has 2 heterocycles. The molecule has 1 saturated carbocycles. The number of halogens is 1. The summed E-state index contributed by atoms with van der Waals surface area (Å²) >= 11 is 6.49. The van der Waals surface area contributed by atoms with Crippen molar-refractivity contribution in [3.63, 3.8) is 0 Å². The zero-order valence-corrected chi connectivity index (χ0v) is 18.3. The molecule has 1 amide bonds. The second-order valence-corrected chi connectivity index (χ2v) is 9.02. The summed E-state index contributed by atoms with van der Waals surface area (Å²) in [5.41, 5.74) is -0.141. The Balaban J connectivity index is 1.34. The van der Waals surface area contributed by atoms with Gasteiger partial charge in [0.2, 0.25) is 0 Å². The minimum atomic E-state index is -1.15. The van der Waals surface area contributed by atoms with Crippen LogP contribution < -0.4 is 9.47 Å². The molecule has 9 heteroatoms. The first-order valence-electron chi connectivity index (χ1n) is 10.5. The van der Waals surface area contributed by atoms with Gasteiger partial charge in [-0.25, -0.2) is 9.59 Å². The molecule has 2 aliphatic rings. The second-order valence-electron chi connectivity index (χ2n) is 8.64. The highest BCUT2D eigenvalue weighted by molar-refractivity contribution is 6.33. The highest BCUT2D eigenvalue weighted by atomic mass is 35.5. The largest absolute Gasteiger partial charge is 0.492 e. The maximum absolute atomic E-state index is 12.6. The molecule has 0 radical (unpaired) electrons. The molecule has 0 spiro atoms. The molecule has 166 valence electrons. The van der Waals surface area contributed by atoms with Crippen LogP contribution in [0.4, 0.5) is 4.79 Å². The average Bonchev–Trinajstić information content (AvgIpc) is 3.42. The Bertz CT molecular complexity index is 962. The number of likely N-dealkylation sites (tertiary alicyclic amines) is 1. The van der Waals surface area contributed by atoms with Gasteiger partial charge in [-0.2, -0.15) is 9.78 Å². The van der Waals surface area contributed by atoms with E-state index in [-0.39, 0.29) is 17.8 Å². The summed E-state index contributed by atoms with van der Waals surface area (Å²) in [5.74, 6) is 1.17. The lowest BCUT2D eigenvalue weighted by Crippen LogP contribution is -2.34. The number of carboxylic acids is 1. The smallest absolute Gasteiger partial charge is 0.356 e. The molecular formula is C22H26ClN3O5. The van der Waals surface area contributed by atoms with Gasteiger partial charge in [0.25, 0.3) is 0 Å². The number of carboxylic acid groups (broad SMARTS) is 1. The van der Waals surface area contributed by atoms with E-state index in [9.17, 15) is 9.59 Å². The van der Waals surface area contributed by atoms with Crippen LogP contribution in [-0.2, 0) is 0 Å². The lowest BCUT2D eigenvalue weighted by atomic mass is 10.0. The molecule has 1 aliphatic heterocycles. The van der Waals surface area contributed by atoms with Crippen LogP contribution in [0.1, 0.15) is 37.2 Å².